The molecule has 0 atom stereocenters. The van der Waals surface area contributed by atoms with Gasteiger partial charge in [-0.2, -0.15) is 0 Å². The topological polar surface area (TPSA) is 43.4 Å². The first-order chi connectivity index (χ1) is 10.7. The lowest BCUT2D eigenvalue weighted by molar-refractivity contribution is 0.405. The molecule has 0 saturated heterocycles. The number of fused-ring (bicyclic) bond motifs is 1. The van der Waals surface area contributed by atoms with Gasteiger partial charge in [0.05, 0.1) is 19.9 Å². The van der Waals surface area contributed by atoms with Crippen LogP contribution in [0.3, 0.4) is 0 Å². The molecule has 0 radical (unpaired) electrons. The summed E-state index contributed by atoms with van der Waals surface area (Å²) >= 11 is 0. The number of methoxy groups -OCH3 is 2. The van der Waals surface area contributed by atoms with E-state index in [4.69, 9.17) is 9.47 Å². The summed E-state index contributed by atoms with van der Waals surface area (Å²) in [6.07, 6.45) is 1.57. The number of hydrogen-bond donors (Lipinski definition) is 1. The summed E-state index contributed by atoms with van der Waals surface area (Å²) in [5.41, 5.74) is 1.81. The molecule has 1 aromatic heterocycles. The van der Waals surface area contributed by atoms with Crippen molar-refractivity contribution in [2.24, 2.45) is 0 Å². The van der Waals surface area contributed by atoms with Crippen LogP contribution < -0.4 is 14.8 Å². The van der Waals surface area contributed by atoms with Crippen LogP contribution in [0.4, 0.5) is 15.8 Å². The fourth-order valence-corrected chi connectivity index (χ4v) is 2.31. The summed E-state index contributed by atoms with van der Waals surface area (Å²) in [6.45, 7) is 0. The minimum absolute atomic E-state index is 0.328. The van der Waals surface area contributed by atoms with Gasteiger partial charge in [0.15, 0.2) is 0 Å². The predicted molar refractivity (Wildman–Crippen MR) is 84.5 cm³/mol. The number of benzene rings is 2. The van der Waals surface area contributed by atoms with Crippen LogP contribution in [0.2, 0.25) is 0 Å². The number of nitrogens with zero attached hydrogens (tertiary/aromatic N) is 1. The van der Waals surface area contributed by atoms with Crippen molar-refractivity contribution in [2.45, 2.75) is 0 Å². The van der Waals surface area contributed by atoms with E-state index in [1.165, 1.54) is 6.07 Å². The summed E-state index contributed by atoms with van der Waals surface area (Å²) in [7, 11) is 3.19. The van der Waals surface area contributed by atoms with E-state index in [0.717, 1.165) is 11.4 Å². The van der Waals surface area contributed by atoms with Crippen molar-refractivity contribution < 1.29 is 13.9 Å². The number of nitrogens with one attached hydrogen (secondary N) is 1. The monoisotopic (exact) mass is 298 g/mol. The molecule has 0 spiro atoms. The SMILES string of the molecule is COc1ccc(OC)c(Nc2ccnc3c(F)cccc23)c1. The first kappa shape index (κ1) is 14.1. The Morgan fingerprint density at radius 2 is 1.86 bits per heavy atom. The zero-order chi connectivity index (χ0) is 15.5. The van der Waals surface area contributed by atoms with Crippen LogP contribution in [0.1, 0.15) is 0 Å². The predicted octanol–water partition coefficient (Wildman–Crippen LogP) is 4.13. The molecule has 4 nitrogen and oxygen atoms in total. The van der Waals surface area contributed by atoms with Gasteiger partial charge in [-0.25, -0.2) is 4.39 Å². The standard InChI is InChI=1S/C17H15FN2O2/c1-21-11-6-7-16(22-2)15(10-11)20-14-8-9-19-17-12(14)4-3-5-13(17)18/h3-10H,1-2H3,(H,19,20). The van der Waals surface area contributed by atoms with E-state index in [0.29, 0.717) is 22.4 Å². The van der Waals surface area contributed by atoms with Gasteiger partial charge in [-0.1, -0.05) is 12.1 Å². The lowest BCUT2D eigenvalue weighted by Gasteiger charge is -2.14. The Bertz CT molecular complexity index is 821. The Labute approximate surface area is 127 Å². The molecule has 3 aromatic rings. The number of halogens is 1. The van der Waals surface area contributed by atoms with Crippen molar-refractivity contribution in [1.29, 1.82) is 0 Å². The smallest absolute Gasteiger partial charge is 0.149 e. The van der Waals surface area contributed by atoms with Crippen molar-refractivity contribution in [2.75, 3.05) is 19.5 Å². The first-order valence-electron chi connectivity index (χ1n) is 6.75. The van der Waals surface area contributed by atoms with Gasteiger partial charge in [0.1, 0.15) is 22.8 Å². The number of pyridine rings is 1. The van der Waals surface area contributed by atoms with Gasteiger partial charge in [-0.05, 0) is 24.3 Å². The maximum atomic E-state index is 13.8. The number of para-hydroxylation sites is 1. The quantitative estimate of drug-likeness (QED) is 0.786. The van der Waals surface area contributed by atoms with Crippen LogP contribution in [-0.4, -0.2) is 19.2 Å². The van der Waals surface area contributed by atoms with Crippen molar-refractivity contribution in [1.82, 2.24) is 4.98 Å². The van der Waals surface area contributed by atoms with Gasteiger partial charge in [0.25, 0.3) is 0 Å². The highest BCUT2D eigenvalue weighted by atomic mass is 19.1. The highest BCUT2D eigenvalue weighted by molar-refractivity contribution is 5.93. The Balaban J connectivity index is 2.09. The van der Waals surface area contributed by atoms with E-state index < -0.39 is 0 Å². The summed E-state index contributed by atoms with van der Waals surface area (Å²) in [4.78, 5) is 4.09. The lowest BCUT2D eigenvalue weighted by Crippen LogP contribution is -1.97. The number of hydrogen-bond acceptors (Lipinski definition) is 4. The van der Waals surface area contributed by atoms with E-state index in [1.54, 1.807) is 32.5 Å². The van der Waals surface area contributed by atoms with Crippen LogP contribution in [-0.2, 0) is 0 Å². The number of aromatic nitrogens is 1. The van der Waals surface area contributed by atoms with Crippen LogP contribution in [0.15, 0.2) is 48.7 Å². The van der Waals surface area contributed by atoms with Crippen molar-refractivity contribution >= 4 is 22.3 Å². The number of ether oxygens (including phenoxy) is 2. The second kappa shape index (κ2) is 5.89. The molecule has 1 N–H and O–H groups in total. The van der Waals surface area contributed by atoms with Crippen molar-refractivity contribution in [3.8, 4) is 11.5 Å². The van der Waals surface area contributed by atoms with E-state index in [9.17, 15) is 4.39 Å². The third kappa shape index (κ3) is 2.53. The van der Waals surface area contributed by atoms with Crippen LogP contribution in [0, 0.1) is 5.82 Å². The minimum Gasteiger partial charge on any atom is -0.497 e. The Kier molecular flexibility index (Phi) is 3.78. The van der Waals surface area contributed by atoms with Crippen LogP contribution in [0.25, 0.3) is 10.9 Å². The van der Waals surface area contributed by atoms with Gasteiger partial charge in [0, 0.05) is 23.3 Å². The second-order valence-corrected chi connectivity index (χ2v) is 4.69. The van der Waals surface area contributed by atoms with Crippen molar-refractivity contribution in [3.63, 3.8) is 0 Å². The third-order valence-corrected chi connectivity index (χ3v) is 3.40. The average Bonchev–Trinajstić information content (AvgIpc) is 2.56. The molecule has 5 heteroatoms. The number of anilines is 2. The molecule has 3 rings (SSSR count). The molecule has 0 aliphatic heterocycles. The Morgan fingerprint density at radius 3 is 2.64 bits per heavy atom. The van der Waals surface area contributed by atoms with E-state index >= 15 is 0 Å². The molecule has 0 saturated carbocycles. The average molecular weight is 298 g/mol. The lowest BCUT2D eigenvalue weighted by atomic mass is 10.1. The zero-order valence-corrected chi connectivity index (χ0v) is 12.3. The van der Waals surface area contributed by atoms with Gasteiger partial charge in [-0.15, -0.1) is 0 Å². The summed E-state index contributed by atoms with van der Waals surface area (Å²) in [5.74, 6) is 1.02. The summed E-state index contributed by atoms with van der Waals surface area (Å²) < 4.78 is 24.4. The molecule has 0 bridgehead atoms. The maximum Gasteiger partial charge on any atom is 0.149 e. The third-order valence-electron chi connectivity index (χ3n) is 3.40. The van der Waals surface area contributed by atoms with Crippen molar-refractivity contribution in [3.05, 3.63) is 54.5 Å². The molecule has 0 amide bonds. The first-order valence-corrected chi connectivity index (χ1v) is 6.75. The van der Waals surface area contributed by atoms with Gasteiger partial charge in [0.2, 0.25) is 0 Å². The molecular weight excluding hydrogens is 283 g/mol. The van der Waals surface area contributed by atoms with Crippen LogP contribution in [0.5, 0.6) is 11.5 Å². The molecule has 0 aliphatic rings. The van der Waals surface area contributed by atoms with E-state index in [-0.39, 0.29) is 5.82 Å². The number of rotatable bonds is 4. The molecule has 2 aromatic carbocycles. The van der Waals surface area contributed by atoms with Gasteiger partial charge < -0.3 is 14.8 Å². The Morgan fingerprint density at radius 1 is 1.00 bits per heavy atom. The molecule has 0 aliphatic carbocycles. The Hall–Kier alpha value is -2.82. The maximum absolute atomic E-state index is 13.8. The molecular formula is C17H15FN2O2. The minimum atomic E-state index is -0.348. The molecule has 0 unspecified atom stereocenters. The normalized spacial score (nSPS) is 10.5. The van der Waals surface area contributed by atoms with Crippen LogP contribution >= 0.6 is 0 Å². The fourth-order valence-electron chi connectivity index (χ4n) is 2.31. The fraction of sp³-hybridized carbons (Fsp3) is 0.118. The van der Waals surface area contributed by atoms with E-state index in [2.05, 4.69) is 10.3 Å². The van der Waals surface area contributed by atoms with Gasteiger partial charge in [-0.3, -0.25) is 4.98 Å². The molecule has 1 heterocycles. The molecule has 22 heavy (non-hydrogen) atoms. The van der Waals surface area contributed by atoms with E-state index in [1.807, 2.05) is 24.3 Å². The zero-order valence-electron chi connectivity index (χ0n) is 12.3. The largest absolute Gasteiger partial charge is 0.497 e. The summed E-state index contributed by atoms with van der Waals surface area (Å²) in [6, 6.07) is 12.1. The molecule has 112 valence electrons. The highest BCUT2D eigenvalue weighted by Crippen LogP contribution is 2.33. The molecule has 0 fully saturated rings. The van der Waals surface area contributed by atoms with Gasteiger partial charge >= 0.3 is 0 Å². The highest BCUT2D eigenvalue weighted by Gasteiger charge is 2.09. The second-order valence-electron chi connectivity index (χ2n) is 4.69. The summed E-state index contributed by atoms with van der Waals surface area (Å²) in [5, 5.41) is 3.96.